The summed E-state index contributed by atoms with van der Waals surface area (Å²) < 4.78 is 7.69. The Hall–Kier alpha value is -0.870. The molecule has 1 heterocycles. The molecule has 92 valence electrons. The van der Waals surface area contributed by atoms with Gasteiger partial charge < -0.3 is 10.1 Å². The summed E-state index contributed by atoms with van der Waals surface area (Å²) in [7, 11) is 1.96. The average Bonchev–Trinajstić information content (AvgIpc) is 2.68. The van der Waals surface area contributed by atoms with E-state index in [2.05, 4.69) is 37.3 Å². The van der Waals surface area contributed by atoms with Crippen LogP contribution < -0.4 is 5.32 Å². The predicted octanol–water partition coefficient (Wildman–Crippen LogP) is 1.98. The van der Waals surface area contributed by atoms with Crippen molar-refractivity contribution in [2.75, 3.05) is 13.7 Å². The van der Waals surface area contributed by atoms with E-state index in [0.717, 1.165) is 13.0 Å². The maximum absolute atomic E-state index is 5.65. The van der Waals surface area contributed by atoms with Gasteiger partial charge in [0.15, 0.2) is 0 Å². The number of aromatic nitrogens is 2. The van der Waals surface area contributed by atoms with Gasteiger partial charge in [0.05, 0.1) is 24.4 Å². The molecule has 16 heavy (non-hydrogen) atoms. The molecule has 0 radical (unpaired) electrons. The minimum absolute atomic E-state index is 0.219. The second-order valence-corrected chi connectivity index (χ2v) is 4.20. The molecule has 1 aromatic rings. The number of rotatable bonds is 7. The Kier molecular flexibility index (Phi) is 5.49. The highest BCUT2D eigenvalue weighted by atomic mass is 16.5. The fraction of sp³-hybridized carbons (Fsp3) is 0.750. The van der Waals surface area contributed by atoms with Gasteiger partial charge in [0, 0.05) is 12.7 Å². The van der Waals surface area contributed by atoms with Gasteiger partial charge in [-0.15, -0.1) is 0 Å². The molecule has 0 spiro atoms. The highest BCUT2D eigenvalue weighted by Gasteiger charge is 2.14. The normalized spacial score (nSPS) is 13.3. The highest BCUT2D eigenvalue weighted by Crippen LogP contribution is 2.13. The molecule has 1 aromatic heterocycles. The van der Waals surface area contributed by atoms with Crippen LogP contribution in [-0.2, 0) is 11.3 Å². The zero-order valence-electron chi connectivity index (χ0n) is 10.7. The Morgan fingerprint density at radius 2 is 2.25 bits per heavy atom. The largest absolute Gasteiger partial charge is 0.377 e. The number of likely N-dealkylation sites (N-methyl/N-ethyl adjacent to an activating group) is 1. The van der Waals surface area contributed by atoms with E-state index < -0.39 is 0 Å². The smallest absolute Gasteiger partial charge is 0.0727 e. The average molecular weight is 225 g/mol. The Morgan fingerprint density at radius 3 is 2.81 bits per heavy atom. The maximum atomic E-state index is 5.65. The molecule has 1 atom stereocenters. The van der Waals surface area contributed by atoms with E-state index in [1.54, 1.807) is 0 Å². The molecule has 1 unspecified atom stereocenters. The Labute approximate surface area is 98.0 Å². The van der Waals surface area contributed by atoms with Crippen LogP contribution in [0.15, 0.2) is 12.3 Å². The summed E-state index contributed by atoms with van der Waals surface area (Å²) in [5.74, 6) is 0. The zero-order valence-corrected chi connectivity index (χ0v) is 10.7. The molecule has 4 heteroatoms. The molecule has 0 aromatic carbocycles. The van der Waals surface area contributed by atoms with Crippen molar-refractivity contribution in [2.24, 2.45) is 0 Å². The Morgan fingerprint density at radius 1 is 1.50 bits per heavy atom. The lowest BCUT2D eigenvalue weighted by molar-refractivity contribution is 0.0609. The molecule has 1 N–H and O–H groups in total. The van der Waals surface area contributed by atoms with Crippen LogP contribution in [0.25, 0.3) is 0 Å². The number of hydrogen-bond donors (Lipinski definition) is 1. The summed E-state index contributed by atoms with van der Waals surface area (Å²) in [6.07, 6.45) is 3.21. The third-order valence-electron chi connectivity index (χ3n) is 2.49. The quantitative estimate of drug-likeness (QED) is 0.771. The van der Waals surface area contributed by atoms with E-state index >= 15 is 0 Å². The third kappa shape index (κ3) is 3.61. The molecular formula is C12H23N3O. The maximum Gasteiger partial charge on any atom is 0.0727 e. The number of nitrogens with zero attached hydrogens (tertiary/aromatic N) is 2. The Bertz CT molecular complexity index is 296. The first-order valence-electron chi connectivity index (χ1n) is 5.99. The van der Waals surface area contributed by atoms with E-state index in [-0.39, 0.29) is 12.1 Å². The van der Waals surface area contributed by atoms with Gasteiger partial charge in [0.2, 0.25) is 0 Å². The van der Waals surface area contributed by atoms with Crippen molar-refractivity contribution in [2.45, 2.75) is 45.9 Å². The van der Waals surface area contributed by atoms with Gasteiger partial charge in [-0.3, -0.25) is 4.68 Å². The molecule has 0 aliphatic carbocycles. The standard InChI is InChI=1S/C12H23N3O/c1-5-8-15-12(6-7-14-15)11(13-4)9-16-10(2)3/h6-7,10-11,13H,5,8-9H2,1-4H3. The van der Waals surface area contributed by atoms with E-state index in [1.165, 1.54) is 5.69 Å². The minimum Gasteiger partial charge on any atom is -0.377 e. The van der Waals surface area contributed by atoms with Gasteiger partial charge in [-0.1, -0.05) is 6.92 Å². The van der Waals surface area contributed by atoms with Crippen molar-refractivity contribution < 1.29 is 4.74 Å². The lowest BCUT2D eigenvalue weighted by atomic mass is 10.2. The molecule has 0 fully saturated rings. The summed E-state index contributed by atoms with van der Waals surface area (Å²) in [6.45, 7) is 7.91. The molecule has 0 saturated carbocycles. The molecule has 0 bridgehead atoms. The summed E-state index contributed by atoms with van der Waals surface area (Å²) in [6, 6.07) is 2.27. The van der Waals surface area contributed by atoms with E-state index in [0.29, 0.717) is 6.61 Å². The first-order chi connectivity index (χ1) is 7.69. The summed E-state index contributed by atoms with van der Waals surface area (Å²) in [5, 5.41) is 7.60. The van der Waals surface area contributed by atoms with E-state index in [9.17, 15) is 0 Å². The van der Waals surface area contributed by atoms with Gasteiger partial charge >= 0.3 is 0 Å². The zero-order chi connectivity index (χ0) is 12.0. The van der Waals surface area contributed by atoms with Gasteiger partial charge in [0.1, 0.15) is 0 Å². The van der Waals surface area contributed by atoms with Crippen molar-refractivity contribution in [1.82, 2.24) is 15.1 Å². The number of nitrogens with one attached hydrogen (secondary N) is 1. The second kappa shape index (κ2) is 6.66. The van der Waals surface area contributed by atoms with Crippen molar-refractivity contribution in [1.29, 1.82) is 0 Å². The van der Waals surface area contributed by atoms with E-state index in [1.807, 2.05) is 17.9 Å². The number of aryl methyl sites for hydroxylation is 1. The molecule has 0 aliphatic heterocycles. The van der Waals surface area contributed by atoms with Crippen molar-refractivity contribution >= 4 is 0 Å². The topological polar surface area (TPSA) is 39.1 Å². The van der Waals surface area contributed by atoms with Crippen LogP contribution in [0.5, 0.6) is 0 Å². The molecule has 1 rings (SSSR count). The van der Waals surface area contributed by atoms with Crippen LogP contribution in [-0.4, -0.2) is 29.5 Å². The van der Waals surface area contributed by atoms with Gasteiger partial charge in [-0.05, 0) is 33.4 Å². The predicted molar refractivity (Wildman–Crippen MR) is 65.4 cm³/mol. The first kappa shape index (κ1) is 13.2. The van der Waals surface area contributed by atoms with Crippen LogP contribution in [0.3, 0.4) is 0 Å². The number of ether oxygens (including phenoxy) is 1. The second-order valence-electron chi connectivity index (χ2n) is 4.20. The third-order valence-corrected chi connectivity index (χ3v) is 2.49. The minimum atomic E-state index is 0.219. The van der Waals surface area contributed by atoms with Crippen LogP contribution in [0.1, 0.15) is 38.9 Å². The fourth-order valence-corrected chi connectivity index (χ4v) is 1.64. The van der Waals surface area contributed by atoms with Crippen molar-refractivity contribution in [3.63, 3.8) is 0 Å². The summed E-state index contributed by atoms with van der Waals surface area (Å²) >= 11 is 0. The van der Waals surface area contributed by atoms with E-state index in [4.69, 9.17) is 4.74 Å². The molecule has 0 aliphatic rings. The van der Waals surface area contributed by atoms with Crippen molar-refractivity contribution in [3.05, 3.63) is 18.0 Å². The lowest BCUT2D eigenvalue weighted by Crippen LogP contribution is -2.26. The summed E-state index contributed by atoms with van der Waals surface area (Å²) in [5.41, 5.74) is 1.20. The molecule has 0 amide bonds. The molecular weight excluding hydrogens is 202 g/mol. The number of hydrogen-bond acceptors (Lipinski definition) is 3. The van der Waals surface area contributed by atoms with Gasteiger partial charge in [-0.25, -0.2) is 0 Å². The monoisotopic (exact) mass is 225 g/mol. The molecule has 4 nitrogen and oxygen atoms in total. The van der Waals surface area contributed by atoms with Crippen LogP contribution in [0, 0.1) is 0 Å². The van der Waals surface area contributed by atoms with Gasteiger partial charge in [0.25, 0.3) is 0 Å². The Balaban J connectivity index is 2.66. The fourth-order valence-electron chi connectivity index (χ4n) is 1.64. The van der Waals surface area contributed by atoms with Crippen LogP contribution >= 0.6 is 0 Å². The van der Waals surface area contributed by atoms with Crippen molar-refractivity contribution in [3.8, 4) is 0 Å². The SMILES string of the molecule is CCCn1nccc1C(COC(C)C)NC. The molecule has 0 saturated heterocycles. The highest BCUT2D eigenvalue weighted by molar-refractivity contribution is 5.07. The summed E-state index contributed by atoms with van der Waals surface area (Å²) in [4.78, 5) is 0. The van der Waals surface area contributed by atoms with Crippen LogP contribution in [0.4, 0.5) is 0 Å². The lowest BCUT2D eigenvalue weighted by Gasteiger charge is -2.19. The van der Waals surface area contributed by atoms with Crippen LogP contribution in [0.2, 0.25) is 0 Å². The first-order valence-corrected chi connectivity index (χ1v) is 5.99. The van der Waals surface area contributed by atoms with Gasteiger partial charge in [-0.2, -0.15) is 5.10 Å².